The fourth-order valence-electron chi connectivity index (χ4n) is 1.45. The molecule has 2 nitrogen and oxygen atoms in total. The lowest BCUT2D eigenvalue weighted by Gasteiger charge is -2.02. The maximum atomic E-state index is 13.5. The second-order valence-electron chi connectivity index (χ2n) is 3.38. The van der Waals surface area contributed by atoms with Gasteiger partial charge < -0.3 is 4.98 Å². The Bertz CT molecular complexity index is 480. The summed E-state index contributed by atoms with van der Waals surface area (Å²) in [5, 5.41) is 0.156. The number of nitrogens with zero attached hydrogens (tertiary/aromatic N) is 1. The number of rotatable bonds is 2. The molecule has 1 aromatic heterocycles. The van der Waals surface area contributed by atoms with Crippen LogP contribution in [0.4, 0.5) is 4.39 Å². The first kappa shape index (κ1) is 13.7. The van der Waals surface area contributed by atoms with E-state index in [0.717, 1.165) is 11.5 Å². The molecular formula is C13H16ClFN2. The molecule has 1 heterocycles. The zero-order chi connectivity index (χ0) is 12.8. The summed E-state index contributed by atoms with van der Waals surface area (Å²) in [5.74, 6) is 0.471. The molecule has 92 valence electrons. The van der Waals surface area contributed by atoms with Crippen LogP contribution < -0.4 is 0 Å². The highest BCUT2D eigenvalue weighted by Crippen LogP contribution is 2.19. The topological polar surface area (TPSA) is 28.7 Å². The summed E-state index contributed by atoms with van der Waals surface area (Å²) in [5.41, 5.74) is 1.46. The number of hydrogen-bond donors (Lipinski definition) is 1. The van der Waals surface area contributed by atoms with Gasteiger partial charge >= 0.3 is 0 Å². The molecule has 17 heavy (non-hydrogen) atoms. The van der Waals surface area contributed by atoms with Gasteiger partial charge in [0.2, 0.25) is 0 Å². The van der Waals surface area contributed by atoms with Crippen LogP contribution >= 0.6 is 11.6 Å². The molecule has 4 heteroatoms. The van der Waals surface area contributed by atoms with Gasteiger partial charge in [0.05, 0.1) is 5.02 Å². The van der Waals surface area contributed by atoms with E-state index in [1.165, 1.54) is 0 Å². The van der Waals surface area contributed by atoms with Crippen molar-refractivity contribution in [3.8, 4) is 0 Å². The van der Waals surface area contributed by atoms with E-state index < -0.39 is 0 Å². The largest absolute Gasteiger partial charge is 0.346 e. The Morgan fingerprint density at radius 1 is 1.35 bits per heavy atom. The van der Waals surface area contributed by atoms with Crippen molar-refractivity contribution in [2.24, 2.45) is 0 Å². The average Bonchev–Trinajstić information content (AvgIpc) is 2.73. The normalized spacial score (nSPS) is 9.71. The molecule has 0 spiro atoms. The highest BCUT2D eigenvalue weighted by Gasteiger charge is 2.07. The average molecular weight is 255 g/mol. The lowest BCUT2D eigenvalue weighted by atomic mass is 10.1. The van der Waals surface area contributed by atoms with E-state index >= 15 is 0 Å². The van der Waals surface area contributed by atoms with Gasteiger partial charge in [-0.15, -0.1) is 0 Å². The first-order valence-electron chi connectivity index (χ1n) is 5.60. The second-order valence-corrected chi connectivity index (χ2v) is 3.79. The molecule has 0 bridgehead atoms. The van der Waals surface area contributed by atoms with E-state index in [2.05, 4.69) is 9.97 Å². The van der Waals surface area contributed by atoms with E-state index in [1.54, 1.807) is 24.4 Å². The smallest absolute Gasteiger partial charge is 0.145 e. The Morgan fingerprint density at radius 3 is 2.65 bits per heavy atom. The monoisotopic (exact) mass is 254 g/mol. The number of aromatic nitrogens is 2. The molecule has 1 aromatic carbocycles. The van der Waals surface area contributed by atoms with Crippen molar-refractivity contribution in [1.82, 2.24) is 9.97 Å². The number of H-pyrrole nitrogens is 1. The molecule has 0 radical (unpaired) electrons. The number of hydrogen-bond acceptors (Lipinski definition) is 1. The molecule has 0 unspecified atom stereocenters. The van der Waals surface area contributed by atoms with Crippen molar-refractivity contribution >= 4 is 11.6 Å². The van der Waals surface area contributed by atoms with Crippen molar-refractivity contribution in [2.75, 3.05) is 0 Å². The second kappa shape index (κ2) is 6.40. The molecule has 0 atom stereocenters. The Hall–Kier alpha value is -1.35. The van der Waals surface area contributed by atoms with Gasteiger partial charge in [-0.3, -0.25) is 0 Å². The summed E-state index contributed by atoms with van der Waals surface area (Å²) in [6.07, 6.45) is 2.18. The summed E-state index contributed by atoms with van der Waals surface area (Å²) in [6, 6.07) is 5.00. The number of aromatic amines is 1. The number of aryl methyl sites for hydroxylation is 1. The first-order valence-corrected chi connectivity index (χ1v) is 5.98. The molecule has 0 saturated carbocycles. The number of halogens is 2. The third-order valence-electron chi connectivity index (χ3n) is 2.17. The molecule has 0 fully saturated rings. The minimum Gasteiger partial charge on any atom is -0.346 e. The van der Waals surface area contributed by atoms with Crippen LogP contribution in [0.25, 0.3) is 0 Å². The summed E-state index contributed by atoms with van der Waals surface area (Å²) in [7, 11) is 0. The third kappa shape index (κ3) is 3.56. The molecule has 0 aliphatic rings. The van der Waals surface area contributed by atoms with Crippen LogP contribution in [0.5, 0.6) is 0 Å². The summed E-state index contributed by atoms with van der Waals surface area (Å²) in [4.78, 5) is 7.10. The molecule has 2 rings (SSSR count). The highest BCUT2D eigenvalue weighted by molar-refractivity contribution is 6.30. The quantitative estimate of drug-likeness (QED) is 0.858. The molecule has 0 aliphatic heterocycles. The molecular weight excluding hydrogens is 239 g/mol. The number of nitrogens with one attached hydrogen (secondary N) is 1. The van der Waals surface area contributed by atoms with E-state index in [9.17, 15) is 4.39 Å². The maximum absolute atomic E-state index is 13.5. The molecule has 1 N–H and O–H groups in total. The first-order chi connectivity index (χ1) is 8.16. The van der Waals surface area contributed by atoms with Crippen molar-refractivity contribution < 1.29 is 4.39 Å². The van der Waals surface area contributed by atoms with Gasteiger partial charge in [0.15, 0.2) is 0 Å². The predicted molar refractivity (Wildman–Crippen MR) is 68.9 cm³/mol. The van der Waals surface area contributed by atoms with Gasteiger partial charge in [-0.1, -0.05) is 37.6 Å². The lowest BCUT2D eigenvalue weighted by molar-refractivity contribution is 0.614. The van der Waals surface area contributed by atoms with E-state index in [1.807, 2.05) is 20.8 Å². The van der Waals surface area contributed by atoms with Crippen molar-refractivity contribution in [3.63, 3.8) is 0 Å². The van der Waals surface area contributed by atoms with E-state index in [4.69, 9.17) is 11.6 Å². The van der Waals surface area contributed by atoms with Crippen LogP contribution in [0.15, 0.2) is 24.4 Å². The minimum atomic E-state index is -0.355. The van der Waals surface area contributed by atoms with Crippen LogP contribution in [-0.2, 0) is 6.42 Å². The Balaban J connectivity index is 0.000000686. The van der Waals surface area contributed by atoms with Crippen LogP contribution in [0.1, 0.15) is 30.9 Å². The van der Waals surface area contributed by atoms with E-state index in [-0.39, 0.29) is 10.8 Å². The highest BCUT2D eigenvalue weighted by atomic mass is 35.5. The van der Waals surface area contributed by atoms with Gasteiger partial charge in [0, 0.05) is 18.3 Å². The fraction of sp³-hybridized carbons (Fsp3) is 0.308. The molecule has 0 saturated heterocycles. The summed E-state index contributed by atoms with van der Waals surface area (Å²) >= 11 is 5.68. The predicted octanol–water partition coefficient (Wildman–Crippen LogP) is 4.13. The van der Waals surface area contributed by atoms with Gasteiger partial charge in [0.25, 0.3) is 0 Å². The van der Waals surface area contributed by atoms with Crippen molar-refractivity contribution in [2.45, 2.75) is 27.2 Å². The van der Waals surface area contributed by atoms with Crippen molar-refractivity contribution in [1.29, 1.82) is 0 Å². The van der Waals surface area contributed by atoms with Gasteiger partial charge in [-0.2, -0.15) is 0 Å². The van der Waals surface area contributed by atoms with Crippen molar-refractivity contribution in [3.05, 3.63) is 52.3 Å². The Kier molecular flexibility index (Phi) is 5.16. The van der Waals surface area contributed by atoms with Gasteiger partial charge in [-0.05, 0) is 18.6 Å². The lowest BCUT2D eigenvalue weighted by Crippen LogP contribution is -1.93. The number of imidazole rings is 1. The standard InChI is InChI=1S/C11H10ClFN2.C2H6/c1-7-14-6-9(15-7)5-8-3-2-4-10(12)11(8)13;1-2/h2-4,6H,5H2,1H3,(H,14,15);1-2H3. The SMILES string of the molecule is CC.Cc1ncc(Cc2cccc(Cl)c2F)[nH]1. The van der Waals surface area contributed by atoms with E-state index in [0.29, 0.717) is 12.0 Å². The summed E-state index contributed by atoms with van der Waals surface area (Å²) < 4.78 is 13.5. The van der Waals surface area contributed by atoms with Gasteiger partial charge in [-0.25, -0.2) is 9.37 Å². The zero-order valence-corrected chi connectivity index (χ0v) is 11.0. The van der Waals surface area contributed by atoms with Crippen LogP contribution in [0.3, 0.4) is 0 Å². The van der Waals surface area contributed by atoms with Crippen LogP contribution in [-0.4, -0.2) is 9.97 Å². The zero-order valence-electron chi connectivity index (χ0n) is 10.2. The Labute approximate surface area is 106 Å². The molecule has 0 amide bonds. The third-order valence-corrected chi connectivity index (χ3v) is 2.46. The minimum absolute atomic E-state index is 0.156. The van der Waals surface area contributed by atoms with Gasteiger partial charge in [0.1, 0.15) is 11.6 Å². The summed E-state index contributed by atoms with van der Waals surface area (Å²) in [6.45, 7) is 5.86. The van der Waals surface area contributed by atoms with Crippen LogP contribution in [0, 0.1) is 12.7 Å². The maximum Gasteiger partial charge on any atom is 0.145 e. The Morgan fingerprint density at radius 2 is 2.06 bits per heavy atom. The fourth-order valence-corrected chi connectivity index (χ4v) is 1.65. The van der Waals surface area contributed by atoms with Crippen LogP contribution in [0.2, 0.25) is 5.02 Å². The number of benzene rings is 1. The molecule has 0 aliphatic carbocycles. The molecule has 2 aromatic rings.